The number of ether oxygens (including phenoxy) is 1. The van der Waals surface area contributed by atoms with E-state index in [9.17, 15) is 4.79 Å². The Kier molecular flexibility index (Phi) is 7.71. The van der Waals surface area contributed by atoms with Crippen molar-refractivity contribution in [2.45, 2.75) is 64.0 Å². The van der Waals surface area contributed by atoms with Gasteiger partial charge in [-0.3, -0.25) is 4.79 Å². The Morgan fingerprint density at radius 3 is 2.53 bits per heavy atom. The van der Waals surface area contributed by atoms with Gasteiger partial charge in [0.1, 0.15) is 16.7 Å². The molecule has 2 aromatic carbocycles. The van der Waals surface area contributed by atoms with Crippen molar-refractivity contribution in [2.75, 3.05) is 19.1 Å². The van der Waals surface area contributed by atoms with E-state index in [1.165, 1.54) is 0 Å². The molecule has 0 saturated heterocycles. The minimum atomic E-state index is -0.356. The van der Waals surface area contributed by atoms with Crippen LogP contribution in [0.4, 0.5) is 11.5 Å². The Hall–Kier alpha value is -4.48. The second kappa shape index (κ2) is 11.6. The van der Waals surface area contributed by atoms with Crippen molar-refractivity contribution in [3.8, 4) is 23.0 Å². The molecule has 2 aliphatic rings. The van der Waals surface area contributed by atoms with Gasteiger partial charge < -0.3 is 15.0 Å². The highest BCUT2D eigenvalue weighted by atomic mass is 35.5. The quantitative estimate of drug-likeness (QED) is 0.192. The van der Waals surface area contributed by atoms with Gasteiger partial charge in [-0.1, -0.05) is 40.5 Å². The molecular weight excluding hydrogens is 637 g/mol. The maximum absolute atomic E-state index is 13.8. The summed E-state index contributed by atoms with van der Waals surface area (Å²) >= 11 is 13.1. The van der Waals surface area contributed by atoms with Crippen LogP contribution in [0.2, 0.25) is 10.2 Å². The standard InChI is InChI=1S/C34H35Cl2N9O2/c1-20-6-8-23(43(4)28-10-15-37-32(38-28)47-5)16-25(20)27-18-44(42-40-27)34-13-11-33(19-34,12-14-34)39-31(46)29-22(3)41-45(30(29)36)24-9-7-21(2)26(35)17-24/h6-10,15-18H,11-14,19H2,1-5H3,(H,39,46). The van der Waals surface area contributed by atoms with Crippen LogP contribution in [-0.4, -0.2) is 60.3 Å². The average molecular weight is 673 g/mol. The van der Waals surface area contributed by atoms with Gasteiger partial charge in [0.15, 0.2) is 0 Å². The number of amides is 1. The fourth-order valence-corrected chi connectivity index (χ4v) is 7.60. The zero-order chi connectivity index (χ0) is 33.1. The van der Waals surface area contributed by atoms with E-state index >= 15 is 0 Å². The first kappa shape index (κ1) is 31.1. The maximum atomic E-state index is 13.8. The number of hydrogen-bond donors (Lipinski definition) is 1. The molecular formula is C34H35Cl2N9O2. The summed E-state index contributed by atoms with van der Waals surface area (Å²) in [7, 11) is 3.50. The largest absolute Gasteiger partial charge is 0.467 e. The lowest BCUT2D eigenvalue weighted by molar-refractivity contribution is 0.0900. The molecule has 1 amide bonds. The van der Waals surface area contributed by atoms with Crippen LogP contribution in [0.5, 0.6) is 6.01 Å². The number of benzene rings is 2. The summed E-state index contributed by atoms with van der Waals surface area (Å²) in [5.74, 6) is 0.500. The van der Waals surface area contributed by atoms with Gasteiger partial charge in [-0.15, -0.1) is 5.10 Å². The summed E-state index contributed by atoms with van der Waals surface area (Å²) in [6.45, 7) is 5.80. The number of methoxy groups -OCH3 is 1. The lowest BCUT2D eigenvalue weighted by Crippen LogP contribution is -2.45. The van der Waals surface area contributed by atoms with E-state index in [0.29, 0.717) is 33.8 Å². The maximum Gasteiger partial charge on any atom is 0.318 e. The van der Waals surface area contributed by atoms with Gasteiger partial charge in [0.2, 0.25) is 0 Å². The zero-order valence-electron chi connectivity index (χ0n) is 26.9. The number of nitrogens with one attached hydrogen (secondary N) is 1. The highest BCUT2D eigenvalue weighted by molar-refractivity contribution is 6.33. The minimum Gasteiger partial charge on any atom is -0.467 e. The number of fused-ring (bicyclic) bond motifs is 2. The van der Waals surface area contributed by atoms with Crippen molar-refractivity contribution < 1.29 is 9.53 Å². The van der Waals surface area contributed by atoms with Gasteiger partial charge in [-0.2, -0.15) is 10.1 Å². The number of nitrogens with zero attached hydrogens (tertiary/aromatic N) is 8. The molecule has 3 aromatic heterocycles. The van der Waals surface area contributed by atoms with Crippen LogP contribution in [0, 0.1) is 20.8 Å². The molecule has 11 nitrogen and oxygen atoms in total. The van der Waals surface area contributed by atoms with Gasteiger partial charge in [-0.25, -0.2) is 14.3 Å². The molecule has 7 rings (SSSR count). The number of aryl methyl sites for hydroxylation is 3. The molecule has 47 heavy (non-hydrogen) atoms. The molecule has 2 aliphatic carbocycles. The third kappa shape index (κ3) is 5.41. The van der Waals surface area contributed by atoms with Gasteiger partial charge in [0.05, 0.1) is 35.8 Å². The van der Waals surface area contributed by atoms with Crippen LogP contribution in [0.1, 0.15) is 59.3 Å². The molecule has 2 bridgehead atoms. The van der Waals surface area contributed by atoms with Crippen molar-refractivity contribution in [3.05, 3.63) is 87.4 Å². The van der Waals surface area contributed by atoms with Crippen molar-refractivity contribution in [2.24, 2.45) is 0 Å². The number of carbonyl (C=O) groups is 1. The molecule has 0 aliphatic heterocycles. The van der Waals surface area contributed by atoms with Crippen LogP contribution in [0.25, 0.3) is 16.9 Å². The predicted molar refractivity (Wildman–Crippen MR) is 181 cm³/mol. The minimum absolute atomic E-state index is 0.216. The van der Waals surface area contributed by atoms with Crippen molar-refractivity contribution >= 4 is 40.6 Å². The fraction of sp³-hybridized carbons (Fsp3) is 0.353. The number of rotatable bonds is 8. The van der Waals surface area contributed by atoms with Gasteiger partial charge in [-0.05, 0) is 94.3 Å². The van der Waals surface area contributed by atoms with E-state index in [1.54, 1.807) is 31.0 Å². The SMILES string of the molecule is COc1nccc(N(C)c2ccc(C)c(-c3cn(C45CCC(NC(=O)c6c(C)nn(-c7ccc(C)c(Cl)c7)c6Cl)(CC4)C5)nn3)c2)n1. The highest BCUT2D eigenvalue weighted by Gasteiger charge is 2.57. The Morgan fingerprint density at radius 1 is 1.02 bits per heavy atom. The van der Waals surface area contributed by atoms with Crippen LogP contribution in [0.15, 0.2) is 54.9 Å². The number of aromatic nitrogens is 7. The summed E-state index contributed by atoms with van der Waals surface area (Å²) in [6, 6.07) is 14.0. The van der Waals surface area contributed by atoms with Crippen molar-refractivity contribution in [1.82, 2.24) is 40.1 Å². The van der Waals surface area contributed by atoms with E-state index in [2.05, 4.69) is 55.8 Å². The monoisotopic (exact) mass is 671 g/mol. The Balaban J connectivity index is 1.10. The van der Waals surface area contributed by atoms with Crippen LogP contribution in [0.3, 0.4) is 0 Å². The van der Waals surface area contributed by atoms with E-state index in [0.717, 1.165) is 60.2 Å². The second-order valence-electron chi connectivity index (χ2n) is 12.7. The Morgan fingerprint density at radius 2 is 1.79 bits per heavy atom. The second-order valence-corrected chi connectivity index (χ2v) is 13.5. The number of anilines is 2. The Bertz CT molecular complexity index is 2010. The third-order valence-electron chi connectivity index (χ3n) is 9.82. The summed E-state index contributed by atoms with van der Waals surface area (Å²) < 4.78 is 8.79. The van der Waals surface area contributed by atoms with E-state index in [-0.39, 0.29) is 22.1 Å². The molecule has 242 valence electrons. The molecule has 0 spiro atoms. The van der Waals surface area contributed by atoms with Gasteiger partial charge in [0, 0.05) is 35.1 Å². The zero-order valence-corrected chi connectivity index (χ0v) is 28.4. The smallest absolute Gasteiger partial charge is 0.318 e. The highest BCUT2D eigenvalue weighted by Crippen LogP contribution is 2.55. The van der Waals surface area contributed by atoms with Crippen molar-refractivity contribution in [1.29, 1.82) is 0 Å². The first-order valence-electron chi connectivity index (χ1n) is 15.5. The molecule has 13 heteroatoms. The molecule has 0 atom stereocenters. The number of carbonyl (C=O) groups excluding carboxylic acids is 1. The number of hydrogen-bond acceptors (Lipinski definition) is 8. The molecule has 3 heterocycles. The molecule has 5 aromatic rings. The summed E-state index contributed by atoms with van der Waals surface area (Å²) in [5.41, 5.74) is 5.85. The van der Waals surface area contributed by atoms with E-state index < -0.39 is 0 Å². The van der Waals surface area contributed by atoms with Gasteiger partial charge in [0.25, 0.3) is 5.91 Å². The predicted octanol–water partition coefficient (Wildman–Crippen LogP) is 6.77. The first-order valence-corrected chi connectivity index (χ1v) is 16.3. The topological polar surface area (TPSA) is 116 Å². The first-order chi connectivity index (χ1) is 22.5. The average Bonchev–Trinajstić information content (AvgIpc) is 3.85. The lowest BCUT2D eigenvalue weighted by atomic mass is 9.91. The van der Waals surface area contributed by atoms with Gasteiger partial charge >= 0.3 is 6.01 Å². The van der Waals surface area contributed by atoms with Crippen LogP contribution < -0.4 is 15.0 Å². The summed E-state index contributed by atoms with van der Waals surface area (Å²) in [4.78, 5) is 24.3. The normalized spacial score (nSPS) is 20.1. The lowest BCUT2D eigenvalue weighted by Gasteiger charge is -2.28. The van der Waals surface area contributed by atoms with Crippen LogP contribution >= 0.6 is 23.2 Å². The van der Waals surface area contributed by atoms with Crippen LogP contribution in [-0.2, 0) is 5.54 Å². The fourth-order valence-electron chi connectivity index (χ4n) is 7.06. The van der Waals surface area contributed by atoms with E-state index in [1.807, 2.05) is 47.9 Å². The Labute approximate surface area is 282 Å². The number of halogens is 2. The summed E-state index contributed by atoms with van der Waals surface area (Å²) in [6.07, 6.45) is 7.95. The summed E-state index contributed by atoms with van der Waals surface area (Å²) in [5, 5.41) is 18.1. The van der Waals surface area contributed by atoms with Crippen molar-refractivity contribution in [3.63, 3.8) is 0 Å². The molecule has 2 fully saturated rings. The molecule has 2 saturated carbocycles. The molecule has 0 radical (unpaired) electrons. The third-order valence-corrected chi connectivity index (χ3v) is 10.6. The van der Waals surface area contributed by atoms with E-state index in [4.69, 9.17) is 27.9 Å². The molecule has 0 unspecified atom stereocenters. The molecule has 1 N–H and O–H groups in total.